The number of ether oxygens (including phenoxy) is 1. The first-order valence-corrected chi connectivity index (χ1v) is 9.73. The largest absolute Gasteiger partial charge is 0.496 e. The zero-order valence-corrected chi connectivity index (χ0v) is 18.1. The van der Waals surface area contributed by atoms with Crippen LogP contribution in [-0.4, -0.2) is 23.3 Å². The zero-order valence-electron chi connectivity index (χ0n) is 17.3. The molecule has 2 N–H and O–H groups in total. The number of benzene rings is 1. The molecule has 10 heteroatoms. The van der Waals surface area contributed by atoms with Crippen LogP contribution in [0.4, 0.5) is 19.0 Å². The standard InChI is InChI=1S/C20H23BClF3N2O3/c1-11(14-9-13(22)6-7-15(14)20(23,24)25)28-16-8-12(10-27-17(16)26)21-29-18(2,3)19(4,5)30-21/h6-11H,1-5H3,(H2,26,27). The molecule has 2 aromatic rings. The molecule has 1 aromatic heterocycles. The Kier molecular flexibility index (Phi) is 5.77. The van der Waals surface area contributed by atoms with E-state index in [4.69, 9.17) is 31.4 Å². The fraction of sp³-hybridized carbons (Fsp3) is 0.450. The van der Waals surface area contributed by atoms with Crippen LogP contribution in [0.3, 0.4) is 0 Å². The minimum atomic E-state index is -4.55. The van der Waals surface area contributed by atoms with Gasteiger partial charge in [-0.15, -0.1) is 0 Å². The summed E-state index contributed by atoms with van der Waals surface area (Å²) >= 11 is 5.92. The number of rotatable bonds is 4. The molecule has 0 radical (unpaired) electrons. The normalized spacial score (nSPS) is 19.0. The Hall–Kier alpha value is -1.97. The van der Waals surface area contributed by atoms with Gasteiger partial charge in [-0.3, -0.25) is 0 Å². The number of alkyl halides is 3. The Balaban J connectivity index is 1.90. The van der Waals surface area contributed by atoms with Crippen molar-refractivity contribution in [3.8, 4) is 5.75 Å². The lowest BCUT2D eigenvalue weighted by atomic mass is 9.80. The summed E-state index contributed by atoms with van der Waals surface area (Å²) in [6, 6.07) is 4.92. The number of anilines is 1. The Bertz CT molecular complexity index is 937. The SMILES string of the molecule is CC(Oc1cc(B2OC(C)(C)C(C)(C)O2)cnc1N)c1cc(Cl)ccc1C(F)(F)F. The number of halogens is 4. The third-order valence-electron chi connectivity index (χ3n) is 5.49. The number of hydrogen-bond donors (Lipinski definition) is 1. The van der Waals surface area contributed by atoms with E-state index in [1.807, 2.05) is 27.7 Å². The van der Waals surface area contributed by atoms with E-state index in [-0.39, 0.29) is 22.2 Å². The molecule has 2 heterocycles. The molecule has 1 atom stereocenters. The molecule has 0 spiro atoms. The summed E-state index contributed by atoms with van der Waals surface area (Å²) in [5, 5.41) is 0.172. The first-order chi connectivity index (χ1) is 13.7. The third kappa shape index (κ3) is 4.38. The second kappa shape index (κ2) is 7.62. The maximum absolute atomic E-state index is 13.4. The van der Waals surface area contributed by atoms with Crippen LogP contribution >= 0.6 is 11.6 Å². The van der Waals surface area contributed by atoms with Crippen molar-refractivity contribution in [1.29, 1.82) is 0 Å². The highest BCUT2D eigenvalue weighted by molar-refractivity contribution is 6.62. The quantitative estimate of drug-likeness (QED) is 0.691. The molecule has 0 aliphatic carbocycles. The lowest BCUT2D eigenvalue weighted by Crippen LogP contribution is -2.41. The average molecular weight is 443 g/mol. The highest BCUT2D eigenvalue weighted by atomic mass is 35.5. The number of aromatic nitrogens is 1. The van der Waals surface area contributed by atoms with Gasteiger partial charge in [-0.25, -0.2) is 4.98 Å². The van der Waals surface area contributed by atoms with Crippen molar-refractivity contribution in [2.45, 2.75) is 58.1 Å². The Morgan fingerprint density at radius 3 is 2.30 bits per heavy atom. The smallest absolute Gasteiger partial charge is 0.482 e. The number of nitrogens with two attached hydrogens (primary N) is 1. The van der Waals surface area contributed by atoms with Crippen molar-refractivity contribution in [3.05, 3.63) is 46.6 Å². The predicted octanol–water partition coefficient (Wildman–Crippen LogP) is 4.78. The molecule has 5 nitrogen and oxygen atoms in total. The van der Waals surface area contributed by atoms with E-state index in [0.717, 1.165) is 6.07 Å². The van der Waals surface area contributed by atoms with E-state index in [9.17, 15) is 13.2 Å². The summed E-state index contributed by atoms with van der Waals surface area (Å²) in [7, 11) is -0.710. The van der Waals surface area contributed by atoms with Gasteiger partial charge in [-0.1, -0.05) is 11.6 Å². The molecule has 1 unspecified atom stereocenters. The zero-order chi connectivity index (χ0) is 22.5. The van der Waals surface area contributed by atoms with E-state index >= 15 is 0 Å². The van der Waals surface area contributed by atoms with Gasteiger partial charge in [0.2, 0.25) is 0 Å². The van der Waals surface area contributed by atoms with Crippen molar-refractivity contribution in [3.63, 3.8) is 0 Å². The Morgan fingerprint density at radius 2 is 1.73 bits per heavy atom. The van der Waals surface area contributed by atoms with Crippen molar-refractivity contribution in [2.75, 3.05) is 5.73 Å². The minimum absolute atomic E-state index is 0.0395. The van der Waals surface area contributed by atoms with Gasteiger partial charge in [0.15, 0.2) is 11.6 Å². The van der Waals surface area contributed by atoms with Gasteiger partial charge in [-0.05, 0) is 58.9 Å². The summed E-state index contributed by atoms with van der Waals surface area (Å²) in [5.41, 5.74) is 4.41. The van der Waals surface area contributed by atoms with E-state index in [2.05, 4.69) is 4.98 Å². The number of nitrogens with zero attached hydrogens (tertiary/aromatic N) is 1. The molecule has 1 aromatic carbocycles. The van der Waals surface area contributed by atoms with Crippen LogP contribution in [0.15, 0.2) is 30.5 Å². The van der Waals surface area contributed by atoms with Gasteiger partial charge in [0.05, 0.1) is 16.8 Å². The summed E-state index contributed by atoms with van der Waals surface area (Å²) in [5.74, 6) is 0.167. The van der Waals surface area contributed by atoms with Crippen molar-refractivity contribution >= 4 is 30.0 Å². The van der Waals surface area contributed by atoms with Crippen LogP contribution in [-0.2, 0) is 15.5 Å². The van der Waals surface area contributed by atoms with E-state index < -0.39 is 36.2 Å². The number of pyridine rings is 1. The van der Waals surface area contributed by atoms with E-state index in [1.54, 1.807) is 6.07 Å². The second-order valence-electron chi connectivity index (χ2n) is 8.23. The number of hydrogen-bond acceptors (Lipinski definition) is 5. The van der Waals surface area contributed by atoms with Gasteiger partial charge in [0, 0.05) is 22.2 Å². The van der Waals surface area contributed by atoms with Crippen LogP contribution in [0.5, 0.6) is 5.75 Å². The molecule has 3 rings (SSSR count). The van der Waals surface area contributed by atoms with Crippen LogP contribution in [0.1, 0.15) is 51.8 Å². The van der Waals surface area contributed by atoms with Crippen LogP contribution in [0.25, 0.3) is 0 Å². The van der Waals surface area contributed by atoms with E-state index in [1.165, 1.54) is 25.3 Å². The van der Waals surface area contributed by atoms with Gasteiger partial charge < -0.3 is 19.8 Å². The van der Waals surface area contributed by atoms with E-state index in [0.29, 0.717) is 5.46 Å². The van der Waals surface area contributed by atoms with Crippen LogP contribution < -0.4 is 15.9 Å². The molecular formula is C20H23BClF3N2O3. The summed E-state index contributed by atoms with van der Waals surface area (Å²) in [6.45, 7) is 9.13. The van der Waals surface area contributed by atoms with Gasteiger partial charge >= 0.3 is 13.3 Å². The lowest BCUT2D eigenvalue weighted by molar-refractivity contribution is -0.138. The first kappa shape index (κ1) is 22.7. The van der Waals surface area contributed by atoms with Crippen LogP contribution in [0.2, 0.25) is 5.02 Å². The fourth-order valence-corrected chi connectivity index (χ4v) is 3.24. The second-order valence-corrected chi connectivity index (χ2v) is 8.67. The fourth-order valence-electron chi connectivity index (χ4n) is 3.05. The maximum atomic E-state index is 13.4. The monoisotopic (exact) mass is 442 g/mol. The molecule has 1 fully saturated rings. The van der Waals surface area contributed by atoms with Crippen molar-refractivity contribution in [1.82, 2.24) is 4.98 Å². The summed E-state index contributed by atoms with van der Waals surface area (Å²) < 4.78 is 58.0. The molecule has 162 valence electrons. The predicted molar refractivity (Wildman–Crippen MR) is 110 cm³/mol. The third-order valence-corrected chi connectivity index (χ3v) is 5.72. The minimum Gasteiger partial charge on any atom is -0.482 e. The topological polar surface area (TPSA) is 66.6 Å². The maximum Gasteiger partial charge on any atom is 0.496 e. The molecule has 1 aliphatic heterocycles. The molecule has 1 saturated heterocycles. The van der Waals surface area contributed by atoms with Gasteiger partial charge in [0.25, 0.3) is 0 Å². The molecule has 0 amide bonds. The van der Waals surface area contributed by atoms with Crippen LogP contribution in [0, 0.1) is 0 Å². The molecule has 1 aliphatic rings. The van der Waals surface area contributed by atoms with Crippen molar-refractivity contribution < 1.29 is 27.2 Å². The molecular weight excluding hydrogens is 419 g/mol. The first-order valence-electron chi connectivity index (χ1n) is 9.35. The lowest BCUT2D eigenvalue weighted by Gasteiger charge is -2.32. The molecule has 0 saturated carbocycles. The highest BCUT2D eigenvalue weighted by Crippen LogP contribution is 2.39. The van der Waals surface area contributed by atoms with Gasteiger partial charge in [-0.2, -0.15) is 13.2 Å². The van der Waals surface area contributed by atoms with Gasteiger partial charge in [0.1, 0.15) is 6.10 Å². The highest BCUT2D eigenvalue weighted by Gasteiger charge is 2.52. The van der Waals surface area contributed by atoms with Crippen molar-refractivity contribution in [2.24, 2.45) is 0 Å². The molecule has 0 bridgehead atoms. The Labute approximate surface area is 178 Å². The summed E-state index contributed by atoms with van der Waals surface area (Å²) in [6.07, 6.45) is -4.04. The summed E-state index contributed by atoms with van der Waals surface area (Å²) in [4.78, 5) is 4.10. The number of nitrogen functional groups attached to an aromatic ring is 1. The average Bonchev–Trinajstić information content (AvgIpc) is 2.83. The Morgan fingerprint density at radius 1 is 1.13 bits per heavy atom. The molecule has 30 heavy (non-hydrogen) atoms.